The Morgan fingerprint density at radius 3 is 2.86 bits per heavy atom. The third-order valence-corrected chi connectivity index (χ3v) is 4.64. The molecule has 2 atom stereocenters. The molecule has 114 valence electrons. The van der Waals surface area contributed by atoms with Crippen molar-refractivity contribution in [1.82, 2.24) is 0 Å². The van der Waals surface area contributed by atoms with E-state index in [0.29, 0.717) is 12.0 Å². The van der Waals surface area contributed by atoms with Crippen molar-refractivity contribution in [1.29, 1.82) is 0 Å². The molecule has 2 rings (SSSR count). The highest BCUT2D eigenvalue weighted by Crippen LogP contribution is 2.34. The second kappa shape index (κ2) is 7.64. The molecule has 3 nitrogen and oxygen atoms in total. The second-order valence-corrected chi connectivity index (χ2v) is 6.32. The molecule has 1 saturated carbocycles. The SMILES string of the molecule is CCC1CCCCC1Oc1ccc(C=CC(=O)O)cc1Br. The van der Waals surface area contributed by atoms with Crippen LogP contribution in [0, 0.1) is 5.92 Å². The number of rotatable bonds is 5. The maximum atomic E-state index is 10.5. The topological polar surface area (TPSA) is 46.5 Å². The Hall–Kier alpha value is -1.29. The van der Waals surface area contributed by atoms with E-state index in [9.17, 15) is 4.79 Å². The lowest BCUT2D eigenvalue weighted by Crippen LogP contribution is -2.30. The van der Waals surface area contributed by atoms with Crippen LogP contribution in [0.2, 0.25) is 0 Å². The molecule has 21 heavy (non-hydrogen) atoms. The quantitative estimate of drug-likeness (QED) is 0.767. The molecule has 0 bridgehead atoms. The van der Waals surface area contributed by atoms with Crippen LogP contribution in [-0.4, -0.2) is 17.2 Å². The fraction of sp³-hybridized carbons (Fsp3) is 0.471. The lowest BCUT2D eigenvalue weighted by Gasteiger charge is -2.31. The zero-order valence-electron chi connectivity index (χ0n) is 12.2. The van der Waals surface area contributed by atoms with Gasteiger partial charge in [0.05, 0.1) is 4.47 Å². The van der Waals surface area contributed by atoms with Gasteiger partial charge in [0.15, 0.2) is 0 Å². The van der Waals surface area contributed by atoms with E-state index in [4.69, 9.17) is 9.84 Å². The fourth-order valence-electron chi connectivity index (χ4n) is 2.84. The van der Waals surface area contributed by atoms with Gasteiger partial charge >= 0.3 is 5.97 Å². The van der Waals surface area contributed by atoms with Crippen LogP contribution in [0.25, 0.3) is 6.08 Å². The lowest BCUT2D eigenvalue weighted by atomic mass is 9.85. The first kappa shape index (κ1) is 16.1. The monoisotopic (exact) mass is 352 g/mol. The van der Waals surface area contributed by atoms with Crippen LogP contribution >= 0.6 is 15.9 Å². The number of carboxylic acid groups (broad SMARTS) is 1. The number of aliphatic carboxylic acids is 1. The number of hydrogen-bond acceptors (Lipinski definition) is 2. The Labute approximate surface area is 134 Å². The number of hydrogen-bond donors (Lipinski definition) is 1. The minimum absolute atomic E-state index is 0.292. The number of benzene rings is 1. The van der Waals surface area contributed by atoms with Gasteiger partial charge in [-0.05, 0) is 71.3 Å². The average Bonchev–Trinajstić information content (AvgIpc) is 2.48. The van der Waals surface area contributed by atoms with E-state index in [1.54, 1.807) is 6.08 Å². The smallest absolute Gasteiger partial charge is 0.328 e. The zero-order chi connectivity index (χ0) is 15.2. The number of ether oxygens (including phenoxy) is 1. The molecule has 1 aromatic carbocycles. The van der Waals surface area contributed by atoms with Crippen LogP contribution in [0.1, 0.15) is 44.6 Å². The van der Waals surface area contributed by atoms with E-state index in [2.05, 4.69) is 22.9 Å². The molecule has 1 aromatic rings. The van der Waals surface area contributed by atoms with Crippen molar-refractivity contribution >= 4 is 28.0 Å². The van der Waals surface area contributed by atoms with Crippen LogP contribution in [0.3, 0.4) is 0 Å². The van der Waals surface area contributed by atoms with Gasteiger partial charge in [0.25, 0.3) is 0 Å². The van der Waals surface area contributed by atoms with E-state index >= 15 is 0 Å². The molecule has 0 saturated heterocycles. The first-order chi connectivity index (χ1) is 10.1. The molecule has 0 aliphatic heterocycles. The first-order valence-electron chi connectivity index (χ1n) is 7.47. The molecule has 0 spiro atoms. The van der Waals surface area contributed by atoms with Crippen molar-refractivity contribution in [2.75, 3.05) is 0 Å². The molecule has 1 aliphatic rings. The molecule has 0 aromatic heterocycles. The standard InChI is InChI=1S/C17H21BrO3/c1-2-13-5-3-4-6-15(13)21-16-9-7-12(11-14(16)18)8-10-17(19)20/h7-11,13,15H,2-6H2,1H3,(H,19,20). The Morgan fingerprint density at radius 2 is 2.19 bits per heavy atom. The van der Waals surface area contributed by atoms with Crippen LogP contribution in [0.4, 0.5) is 0 Å². The molecule has 0 radical (unpaired) electrons. The van der Waals surface area contributed by atoms with Gasteiger partial charge in [0.2, 0.25) is 0 Å². The van der Waals surface area contributed by atoms with Crippen molar-refractivity contribution in [3.05, 3.63) is 34.3 Å². The highest BCUT2D eigenvalue weighted by atomic mass is 79.9. The highest BCUT2D eigenvalue weighted by Gasteiger charge is 2.25. The Bertz CT molecular complexity index is 525. The van der Waals surface area contributed by atoms with Crippen LogP contribution in [0.15, 0.2) is 28.7 Å². The summed E-state index contributed by atoms with van der Waals surface area (Å²) in [6, 6.07) is 5.68. The van der Waals surface area contributed by atoms with E-state index in [1.165, 1.54) is 19.3 Å². The van der Waals surface area contributed by atoms with E-state index in [0.717, 1.165) is 34.7 Å². The summed E-state index contributed by atoms with van der Waals surface area (Å²) in [6.07, 6.45) is 9.06. The number of halogens is 1. The third-order valence-electron chi connectivity index (χ3n) is 4.02. The average molecular weight is 353 g/mol. The second-order valence-electron chi connectivity index (χ2n) is 5.47. The summed E-state index contributed by atoms with van der Waals surface area (Å²) in [6.45, 7) is 2.22. The van der Waals surface area contributed by atoms with Crippen molar-refractivity contribution < 1.29 is 14.6 Å². The summed E-state index contributed by atoms with van der Waals surface area (Å²) in [5, 5.41) is 8.65. The van der Waals surface area contributed by atoms with Crippen molar-refractivity contribution in [2.45, 2.75) is 45.1 Å². The summed E-state index contributed by atoms with van der Waals surface area (Å²) in [7, 11) is 0. The Morgan fingerprint density at radius 1 is 1.43 bits per heavy atom. The van der Waals surface area contributed by atoms with Crippen LogP contribution < -0.4 is 4.74 Å². The third kappa shape index (κ3) is 4.60. The van der Waals surface area contributed by atoms with Crippen molar-refractivity contribution in [3.8, 4) is 5.75 Å². The maximum absolute atomic E-state index is 10.5. The molecule has 2 unspecified atom stereocenters. The molecular weight excluding hydrogens is 332 g/mol. The van der Waals surface area contributed by atoms with E-state index < -0.39 is 5.97 Å². The van der Waals surface area contributed by atoms with Gasteiger partial charge in [-0.3, -0.25) is 0 Å². The Kier molecular flexibility index (Phi) is 5.85. The zero-order valence-corrected chi connectivity index (χ0v) is 13.8. The summed E-state index contributed by atoms with van der Waals surface area (Å²) >= 11 is 3.52. The molecule has 0 amide bonds. The van der Waals surface area contributed by atoms with Gasteiger partial charge < -0.3 is 9.84 Å². The molecule has 1 aliphatic carbocycles. The summed E-state index contributed by atoms with van der Waals surface area (Å²) in [5.41, 5.74) is 0.840. The highest BCUT2D eigenvalue weighted by molar-refractivity contribution is 9.10. The molecule has 0 heterocycles. The fourth-order valence-corrected chi connectivity index (χ4v) is 3.33. The minimum Gasteiger partial charge on any atom is -0.489 e. The van der Waals surface area contributed by atoms with Crippen LogP contribution in [0.5, 0.6) is 5.75 Å². The van der Waals surface area contributed by atoms with Crippen molar-refractivity contribution in [3.63, 3.8) is 0 Å². The maximum Gasteiger partial charge on any atom is 0.328 e. The predicted molar refractivity (Wildman–Crippen MR) is 87.5 cm³/mol. The summed E-state index contributed by atoms with van der Waals surface area (Å²) in [4.78, 5) is 10.5. The van der Waals surface area contributed by atoms with E-state index in [-0.39, 0.29) is 0 Å². The largest absolute Gasteiger partial charge is 0.489 e. The van der Waals surface area contributed by atoms with Gasteiger partial charge in [-0.2, -0.15) is 0 Å². The lowest BCUT2D eigenvalue weighted by molar-refractivity contribution is -0.131. The van der Waals surface area contributed by atoms with Gasteiger partial charge in [0, 0.05) is 6.08 Å². The van der Waals surface area contributed by atoms with Gasteiger partial charge in [-0.25, -0.2) is 4.79 Å². The van der Waals surface area contributed by atoms with Crippen LogP contribution in [-0.2, 0) is 4.79 Å². The number of carboxylic acids is 1. The summed E-state index contributed by atoms with van der Waals surface area (Å²) in [5.74, 6) is 0.532. The van der Waals surface area contributed by atoms with Gasteiger partial charge in [-0.15, -0.1) is 0 Å². The first-order valence-corrected chi connectivity index (χ1v) is 8.26. The minimum atomic E-state index is -0.945. The normalized spacial score (nSPS) is 22.4. The van der Waals surface area contributed by atoms with Gasteiger partial charge in [0.1, 0.15) is 11.9 Å². The van der Waals surface area contributed by atoms with E-state index in [1.807, 2.05) is 18.2 Å². The Balaban J connectivity index is 2.08. The summed E-state index contributed by atoms with van der Waals surface area (Å²) < 4.78 is 7.05. The number of carbonyl (C=O) groups is 1. The molecular formula is C17H21BrO3. The van der Waals surface area contributed by atoms with Gasteiger partial charge in [-0.1, -0.05) is 19.4 Å². The molecule has 4 heteroatoms. The van der Waals surface area contributed by atoms with Crippen molar-refractivity contribution in [2.24, 2.45) is 5.92 Å². The molecule has 1 fully saturated rings. The molecule has 1 N–H and O–H groups in total. The predicted octanol–water partition coefficient (Wildman–Crippen LogP) is 4.89.